The summed E-state index contributed by atoms with van der Waals surface area (Å²) in [6.07, 6.45) is -44.2. The topological polar surface area (TPSA) is 396 Å². The molecule has 0 spiro atoms. The number of rotatable bonds is 14. The first-order chi connectivity index (χ1) is 27.0. The molecule has 5 fully saturated rings. The summed E-state index contributed by atoms with van der Waals surface area (Å²) >= 11 is 0. The molecule has 334 valence electrons. The van der Waals surface area contributed by atoms with Crippen LogP contribution in [0.4, 0.5) is 0 Å². The maximum Gasteiger partial charge on any atom is 0.187 e. The molecule has 5 rings (SSSR count). The zero-order valence-electron chi connectivity index (χ0n) is 30.8. The number of ether oxygens (including phenoxy) is 10. The largest absolute Gasteiger partial charge is 0.394 e. The molecule has 25 nitrogen and oxygen atoms in total. The summed E-state index contributed by atoms with van der Waals surface area (Å²) in [5.74, 6) is 0. The van der Waals surface area contributed by atoms with Crippen LogP contribution >= 0.6 is 0 Å². The first kappa shape index (κ1) is 47.1. The summed E-state index contributed by atoms with van der Waals surface area (Å²) in [5.41, 5.74) is 0. The third-order valence-corrected chi connectivity index (χ3v) is 10.6. The van der Waals surface area contributed by atoms with Crippen molar-refractivity contribution in [2.45, 2.75) is 167 Å². The van der Waals surface area contributed by atoms with Gasteiger partial charge in [-0.1, -0.05) is 0 Å². The van der Waals surface area contributed by atoms with Crippen LogP contribution in [0.25, 0.3) is 0 Å². The van der Waals surface area contributed by atoms with Crippen molar-refractivity contribution in [3.8, 4) is 0 Å². The Hall–Kier alpha value is -1.00. The summed E-state index contributed by atoms with van der Waals surface area (Å²) < 4.78 is 55.9. The number of hydrogen-bond acceptors (Lipinski definition) is 25. The molecular formula is C32H56O25. The Morgan fingerprint density at radius 3 is 1.19 bits per heavy atom. The average molecular weight is 841 g/mol. The molecule has 25 atom stereocenters. The minimum atomic E-state index is -2.12. The highest BCUT2D eigenvalue weighted by molar-refractivity contribution is 4.99. The molecule has 0 amide bonds. The molecule has 5 heterocycles. The van der Waals surface area contributed by atoms with E-state index in [1.807, 2.05) is 0 Å². The van der Waals surface area contributed by atoms with Crippen molar-refractivity contribution in [2.75, 3.05) is 33.0 Å². The maximum absolute atomic E-state index is 11.5. The molecule has 0 aromatic heterocycles. The molecule has 10 unspecified atom stereocenters. The van der Waals surface area contributed by atoms with Gasteiger partial charge in [-0.05, 0) is 13.8 Å². The second-order valence-electron chi connectivity index (χ2n) is 14.4. The van der Waals surface area contributed by atoms with Gasteiger partial charge in [-0.25, -0.2) is 0 Å². The molecule has 57 heavy (non-hydrogen) atoms. The van der Waals surface area contributed by atoms with Gasteiger partial charge in [-0.15, -0.1) is 0 Å². The number of aliphatic hydroxyl groups is 15. The summed E-state index contributed by atoms with van der Waals surface area (Å²) in [6, 6.07) is 0. The fraction of sp³-hybridized carbons (Fsp3) is 1.00. The van der Waals surface area contributed by atoms with Gasteiger partial charge in [0.1, 0.15) is 116 Å². The van der Waals surface area contributed by atoms with Crippen molar-refractivity contribution in [1.29, 1.82) is 0 Å². The molecule has 0 bridgehead atoms. The molecular weight excluding hydrogens is 784 g/mol. The number of hydrogen-bond donors (Lipinski definition) is 15. The van der Waals surface area contributed by atoms with Crippen molar-refractivity contribution in [2.24, 2.45) is 0 Å². The lowest BCUT2D eigenvalue weighted by atomic mass is 9.95. The van der Waals surface area contributed by atoms with Crippen molar-refractivity contribution >= 4 is 0 Å². The lowest BCUT2D eigenvalue weighted by Gasteiger charge is -2.49. The Kier molecular flexibility index (Phi) is 16.7. The van der Waals surface area contributed by atoms with E-state index in [-0.39, 0.29) is 6.61 Å². The van der Waals surface area contributed by atoms with E-state index in [0.29, 0.717) is 0 Å². The summed E-state index contributed by atoms with van der Waals surface area (Å²) in [6.45, 7) is -0.420. The van der Waals surface area contributed by atoms with E-state index in [2.05, 4.69) is 0 Å². The lowest BCUT2D eigenvalue weighted by Crippen LogP contribution is -2.68. The Balaban J connectivity index is 1.36. The number of aliphatic hydroxyl groups excluding tert-OH is 15. The van der Waals surface area contributed by atoms with E-state index in [1.165, 1.54) is 6.92 Å². The molecule has 0 saturated carbocycles. The third kappa shape index (κ3) is 9.73. The van der Waals surface area contributed by atoms with Gasteiger partial charge in [-0.3, -0.25) is 0 Å². The Morgan fingerprint density at radius 1 is 0.351 bits per heavy atom. The van der Waals surface area contributed by atoms with Crippen molar-refractivity contribution in [1.82, 2.24) is 0 Å². The molecule has 25 heteroatoms. The molecule has 15 N–H and O–H groups in total. The van der Waals surface area contributed by atoms with Gasteiger partial charge < -0.3 is 124 Å². The second kappa shape index (κ2) is 20.2. The predicted molar refractivity (Wildman–Crippen MR) is 175 cm³/mol. The van der Waals surface area contributed by atoms with E-state index < -0.39 is 180 Å². The lowest BCUT2D eigenvalue weighted by molar-refractivity contribution is -0.399. The fourth-order valence-corrected chi connectivity index (χ4v) is 7.22. The summed E-state index contributed by atoms with van der Waals surface area (Å²) in [5, 5.41) is 159. The second-order valence-corrected chi connectivity index (χ2v) is 14.4. The summed E-state index contributed by atoms with van der Waals surface area (Å²) in [4.78, 5) is 0. The van der Waals surface area contributed by atoms with Crippen LogP contribution in [0.2, 0.25) is 0 Å². The van der Waals surface area contributed by atoms with Gasteiger partial charge in [0.25, 0.3) is 0 Å². The zero-order valence-corrected chi connectivity index (χ0v) is 30.8. The molecule has 0 aromatic carbocycles. The van der Waals surface area contributed by atoms with Crippen LogP contribution in [-0.4, -0.2) is 263 Å². The van der Waals surface area contributed by atoms with Crippen LogP contribution in [0.3, 0.4) is 0 Å². The molecule has 5 saturated heterocycles. The minimum absolute atomic E-state index is 0.0612. The van der Waals surface area contributed by atoms with Gasteiger partial charge in [0.2, 0.25) is 0 Å². The SMILES string of the molecule is CCOC1OC(CO)[C@@H](O)[C@H](O[C@@H]2OC(C)[C@H](O)C(O[C@@H]3OC(CO)[C@@H](O)[C@H](O[C@@H]4OC(CO)[C@@H](O)[C@H](O)C4O[C@H]4OC(CO)[C@@H](O)[C@H](O)C4O)C3O)[C@@H]2O)[C@@H]1O. The van der Waals surface area contributed by atoms with E-state index >= 15 is 0 Å². The predicted octanol–water partition coefficient (Wildman–Crippen LogP) is -9.85. The highest BCUT2D eigenvalue weighted by Crippen LogP contribution is 2.36. The average Bonchev–Trinajstić information content (AvgIpc) is 3.19. The Morgan fingerprint density at radius 2 is 0.702 bits per heavy atom. The fourth-order valence-electron chi connectivity index (χ4n) is 7.22. The molecule has 0 aromatic rings. The van der Waals surface area contributed by atoms with Gasteiger partial charge in [-0.2, -0.15) is 0 Å². The molecule has 0 aliphatic carbocycles. The Labute approximate surface area is 324 Å². The van der Waals surface area contributed by atoms with Gasteiger partial charge in [0, 0.05) is 6.61 Å². The normalized spacial score (nSPS) is 52.5. The van der Waals surface area contributed by atoms with Crippen LogP contribution in [0, 0.1) is 0 Å². The van der Waals surface area contributed by atoms with Gasteiger partial charge in [0.15, 0.2) is 31.5 Å². The first-order valence-corrected chi connectivity index (χ1v) is 18.5. The van der Waals surface area contributed by atoms with Crippen LogP contribution < -0.4 is 0 Å². The van der Waals surface area contributed by atoms with Gasteiger partial charge >= 0.3 is 0 Å². The maximum atomic E-state index is 11.5. The zero-order chi connectivity index (χ0) is 42.0. The van der Waals surface area contributed by atoms with E-state index in [1.54, 1.807) is 6.92 Å². The monoisotopic (exact) mass is 840 g/mol. The van der Waals surface area contributed by atoms with Crippen molar-refractivity contribution in [3.63, 3.8) is 0 Å². The van der Waals surface area contributed by atoms with Crippen LogP contribution in [-0.2, 0) is 47.4 Å². The standard InChI is InChI=1S/C32H56O25/c1-3-48-28-21(45)25(16(40)11(6-35)50-28)55-30-22(46)24(13(37)8(2)49-30)54-31-23(47)26(17(41)12(7-36)52-31)56-32-27(19(43)15(39)10(5-34)53-32)57-29-20(44)18(42)14(38)9(4-33)51-29/h8-47H,3-7H2,1-2H3/t8?,9?,10?,11?,12?,13-,14+,15+,16+,17+,18-,19-,20?,21-,22-,23?,24?,25-,26-,27?,28?,29+,30-,31-,32-/m0/s1. The minimum Gasteiger partial charge on any atom is -0.394 e. The van der Waals surface area contributed by atoms with Crippen molar-refractivity contribution < 1.29 is 124 Å². The third-order valence-electron chi connectivity index (χ3n) is 10.6. The first-order valence-electron chi connectivity index (χ1n) is 18.5. The molecule has 5 aliphatic heterocycles. The van der Waals surface area contributed by atoms with Crippen LogP contribution in [0.5, 0.6) is 0 Å². The van der Waals surface area contributed by atoms with E-state index in [0.717, 1.165) is 0 Å². The van der Waals surface area contributed by atoms with Crippen molar-refractivity contribution in [3.05, 3.63) is 0 Å². The van der Waals surface area contributed by atoms with Gasteiger partial charge in [0.05, 0.1) is 32.5 Å². The van der Waals surface area contributed by atoms with E-state index in [9.17, 15) is 76.6 Å². The van der Waals surface area contributed by atoms with E-state index in [4.69, 9.17) is 47.4 Å². The quantitative estimate of drug-likeness (QED) is 0.0772. The smallest absolute Gasteiger partial charge is 0.187 e. The van der Waals surface area contributed by atoms with Crippen LogP contribution in [0.1, 0.15) is 13.8 Å². The summed E-state index contributed by atoms with van der Waals surface area (Å²) in [7, 11) is 0. The Bertz CT molecular complexity index is 1220. The highest BCUT2D eigenvalue weighted by atomic mass is 16.8. The van der Waals surface area contributed by atoms with Crippen LogP contribution in [0.15, 0.2) is 0 Å². The molecule has 5 aliphatic rings. The molecule has 0 radical (unpaired) electrons. The highest BCUT2D eigenvalue weighted by Gasteiger charge is 2.56.